The van der Waals surface area contributed by atoms with Crippen molar-refractivity contribution in [1.29, 1.82) is 0 Å². The van der Waals surface area contributed by atoms with E-state index in [1.807, 2.05) is 12.1 Å². The van der Waals surface area contributed by atoms with E-state index >= 15 is 0 Å². The molecular formula is C12H15NO2S. The summed E-state index contributed by atoms with van der Waals surface area (Å²) in [4.78, 5) is 3.39. The summed E-state index contributed by atoms with van der Waals surface area (Å²) < 4.78 is 23.6. The van der Waals surface area contributed by atoms with Crippen molar-refractivity contribution < 1.29 is 8.42 Å². The number of nitrogens with one attached hydrogen (secondary N) is 1. The molecule has 2 aromatic rings. The second-order valence-electron chi connectivity index (χ2n) is 4.84. The highest BCUT2D eigenvalue weighted by Crippen LogP contribution is 2.26. The van der Waals surface area contributed by atoms with Crippen LogP contribution in [0.3, 0.4) is 0 Å². The van der Waals surface area contributed by atoms with Crippen molar-refractivity contribution in [3.63, 3.8) is 0 Å². The van der Waals surface area contributed by atoms with Gasteiger partial charge in [0.05, 0.1) is 9.64 Å². The normalized spacial score (nSPS) is 13.2. The van der Waals surface area contributed by atoms with E-state index in [0.717, 1.165) is 10.9 Å². The molecule has 0 amide bonds. The van der Waals surface area contributed by atoms with Gasteiger partial charge >= 0.3 is 0 Å². The minimum atomic E-state index is -3.27. The number of H-pyrrole nitrogens is 1. The van der Waals surface area contributed by atoms with Crippen LogP contribution in [0.4, 0.5) is 0 Å². The molecule has 2 rings (SSSR count). The van der Waals surface area contributed by atoms with E-state index in [9.17, 15) is 8.42 Å². The molecule has 0 saturated carbocycles. The third-order valence-electron chi connectivity index (χ3n) is 2.64. The van der Waals surface area contributed by atoms with Gasteiger partial charge in [0, 0.05) is 11.7 Å². The zero-order valence-corrected chi connectivity index (χ0v) is 10.4. The molecule has 1 N–H and O–H groups in total. The predicted molar refractivity (Wildman–Crippen MR) is 65.2 cm³/mol. The Morgan fingerprint density at radius 3 is 2.44 bits per heavy atom. The molecule has 0 unspecified atom stereocenters. The molecule has 0 saturated heterocycles. The van der Waals surface area contributed by atoms with Crippen LogP contribution in [0.25, 0.3) is 10.9 Å². The topological polar surface area (TPSA) is 49.9 Å². The number of aromatic amines is 1. The van der Waals surface area contributed by atoms with Crippen LogP contribution in [-0.2, 0) is 9.84 Å². The smallest absolute Gasteiger partial charge is 0.183 e. The minimum absolute atomic E-state index is 0.370. The molecule has 1 aromatic carbocycles. The molecule has 0 fully saturated rings. The van der Waals surface area contributed by atoms with E-state index in [0.29, 0.717) is 4.90 Å². The largest absolute Gasteiger partial charge is 0.361 e. The van der Waals surface area contributed by atoms with Gasteiger partial charge in [0.1, 0.15) is 0 Å². The van der Waals surface area contributed by atoms with Crippen LogP contribution in [0.15, 0.2) is 35.4 Å². The van der Waals surface area contributed by atoms with Gasteiger partial charge in [-0.3, -0.25) is 0 Å². The van der Waals surface area contributed by atoms with Crippen LogP contribution in [0.5, 0.6) is 0 Å². The second-order valence-corrected chi connectivity index (χ2v) is 7.55. The first-order chi connectivity index (χ1) is 7.32. The monoisotopic (exact) mass is 237 g/mol. The van der Waals surface area contributed by atoms with Crippen LogP contribution in [0.2, 0.25) is 0 Å². The van der Waals surface area contributed by atoms with Crippen molar-refractivity contribution in [1.82, 2.24) is 4.98 Å². The maximum atomic E-state index is 12.2. The Kier molecular flexibility index (Phi) is 2.35. The second kappa shape index (κ2) is 3.35. The lowest BCUT2D eigenvalue weighted by Crippen LogP contribution is -2.27. The Morgan fingerprint density at radius 1 is 1.12 bits per heavy atom. The molecule has 0 bridgehead atoms. The molecule has 4 heteroatoms. The zero-order valence-electron chi connectivity index (χ0n) is 9.61. The van der Waals surface area contributed by atoms with Crippen LogP contribution in [0, 0.1) is 0 Å². The number of benzene rings is 1. The average molecular weight is 237 g/mol. The fourth-order valence-electron chi connectivity index (χ4n) is 1.55. The Morgan fingerprint density at radius 2 is 1.81 bits per heavy atom. The van der Waals surface area contributed by atoms with Crippen molar-refractivity contribution in [2.75, 3.05) is 0 Å². The molecule has 0 radical (unpaired) electrons. The van der Waals surface area contributed by atoms with Crippen LogP contribution in [0.1, 0.15) is 20.8 Å². The molecule has 0 aliphatic heterocycles. The fourth-order valence-corrected chi connectivity index (χ4v) is 2.77. The van der Waals surface area contributed by atoms with Crippen molar-refractivity contribution in [2.24, 2.45) is 0 Å². The number of hydrogen-bond donors (Lipinski definition) is 1. The van der Waals surface area contributed by atoms with Gasteiger partial charge in [-0.1, -0.05) is 6.07 Å². The maximum Gasteiger partial charge on any atom is 0.183 e. The summed E-state index contributed by atoms with van der Waals surface area (Å²) in [7, 11) is -3.27. The Balaban J connectivity index is 2.64. The third kappa shape index (κ3) is 1.63. The summed E-state index contributed by atoms with van der Waals surface area (Å²) in [5, 5.41) is 1.02. The quantitative estimate of drug-likeness (QED) is 0.829. The molecular weight excluding hydrogens is 222 g/mol. The molecule has 0 spiro atoms. The average Bonchev–Trinajstić information content (AvgIpc) is 2.61. The summed E-state index contributed by atoms with van der Waals surface area (Å²) in [6.45, 7) is 5.13. The van der Waals surface area contributed by atoms with Gasteiger partial charge in [0.25, 0.3) is 0 Å². The highest BCUT2D eigenvalue weighted by molar-refractivity contribution is 7.92. The van der Waals surface area contributed by atoms with Gasteiger partial charge < -0.3 is 4.98 Å². The summed E-state index contributed by atoms with van der Waals surface area (Å²) in [5.74, 6) is 0. The SMILES string of the molecule is CC(C)(C)S(=O)(=O)c1ccc2cc[nH]c2c1. The maximum absolute atomic E-state index is 12.2. The first-order valence-corrected chi connectivity index (χ1v) is 6.62. The Bertz CT molecular complexity index is 618. The van der Waals surface area contributed by atoms with E-state index in [1.54, 1.807) is 39.1 Å². The number of sulfone groups is 1. The molecule has 1 heterocycles. The van der Waals surface area contributed by atoms with E-state index in [1.165, 1.54) is 0 Å². The van der Waals surface area contributed by atoms with Crippen molar-refractivity contribution in [3.8, 4) is 0 Å². The Labute approximate surface area is 95.4 Å². The lowest BCUT2D eigenvalue weighted by atomic mass is 10.2. The lowest BCUT2D eigenvalue weighted by molar-refractivity contribution is 0.560. The minimum Gasteiger partial charge on any atom is -0.361 e. The van der Waals surface area contributed by atoms with Gasteiger partial charge in [-0.05, 0) is 44.4 Å². The Hall–Kier alpha value is -1.29. The molecule has 0 aliphatic carbocycles. The lowest BCUT2D eigenvalue weighted by Gasteiger charge is -2.19. The predicted octanol–water partition coefficient (Wildman–Crippen LogP) is 2.74. The van der Waals surface area contributed by atoms with Gasteiger partial charge in [-0.2, -0.15) is 0 Å². The van der Waals surface area contributed by atoms with E-state index < -0.39 is 14.6 Å². The van der Waals surface area contributed by atoms with Crippen molar-refractivity contribution in [3.05, 3.63) is 30.5 Å². The molecule has 3 nitrogen and oxygen atoms in total. The summed E-state index contributed by atoms with van der Waals surface area (Å²) in [6, 6.07) is 7.10. The van der Waals surface area contributed by atoms with E-state index in [2.05, 4.69) is 4.98 Å². The fraction of sp³-hybridized carbons (Fsp3) is 0.333. The standard InChI is InChI=1S/C12H15NO2S/c1-12(2,3)16(14,15)10-5-4-9-6-7-13-11(9)8-10/h4-8,13H,1-3H3. The van der Waals surface area contributed by atoms with Crippen molar-refractivity contribution >= 4 is 20.7 Å². The van der Waals surface area contributed by atoms with Crippen molar-refractivity contribution in [2.45, 2.75) is 30.4 Å². The molecule has 16 heavy (non-hydrogen) atoms. The number of fused-ring (bicyclic) bond motifs is 1. The van der Waals surface area contributed by atoms with Crippen LogP contribution in [-0.4, -0.2) is 18.1 Å². The summed E-state index contributed by atoms with van der Waals surface area (Å²) in [6.07, 6.45) is 1.80. The zero-order chi connectivity index (χ0) is 12.0. The van der Waals surface area contributed by atoms with Gasteiger partial charge in [-0.15, -0.1) is 0 Å². The van der Waals surface area contributed by atoms with E-state index in [4.69, 9.17) is 0 Å². The van der Waals surface area contributed by atoms with E-state index in [-0.39, 0.29) is 0 Å². The molecule has 86 valence electrons. The van der Waals surface area contributed by atoms with Gasteiger partial charge in [-0.25, -0.2) is 8.42 Å². The number of hydrogen-bond acceptors (Lipinski definition) is 2. The summed E-state index contributed by atoms with van der Waals surface area (Å²) in [5.41, 5.74) is 0.852. The molecule has 1 aromatic heterocycles. The first-order valence-electron chi connectivity index (χ1n) is 5.14. The van der Waals surface area contributed by atoms with Crippen LogP contribution >= 0.6 is 0 Å². The third-order valence-corrected chi connectivity index (χ3v) is 5.13. The highest BCUT2D eigenvalue weighted by Gasteiger charge is 2.30. The van der Waals surface area contributed by atoms with Gasteiger partial charge in [0.15, 0.2) is 9.84 Å². The number of aromatic nitrogens is 1. The molecule has 0 aliphatic rings. The molecule has 0 atom stereocenters. The van der Waals surface area contributed by atoms with Gasteiger partial charge in [0.2, 0.25) is 0 Å². The summed E-state index contributed by atoms with van der Waals surface area (Å²) >= 11 is 0. The van der Waals surface area contributed by atoms with Crippen LogP contribution < -0.4 is 0 Å². The number of rotatable bonds is 1. The highest BCUT2D eigenvalue weighted by atomic mass is 32.2. The first kappa shape index (κ1) is 11.2.